The van der Waals surface area contributed by atoms with E-state index in [4.69, 9.17) is 15.2 Å². The molecule has 106 valence electrons. The van der Waals surface area contributed by atoms with Crippen LogP contribution in [0.5, 0.6) is 11.5 Å². The molecule has 0 spiro atoms. The van der Waals surface area contributed by atoms with Crippen molar-refractivity contribution in [1.82, 2.24) is 4.90 Å². The lowest BCUT2D eigenvalue weighted by molar-refractivity contribution is 0.171. The van der Waals surface area contributed by atoms with Gasteiger partial charge in [-0.3, -0.25) is 0 Å². The summed E-state index contributed by atoms with van der Waals surface area (Å²) in [6.45, 7) is 2.32. The average Bonchev–Trinajstić information content (AvgIpc) is 2.42. The lowest BCUT2D eigenvalue weighted by Gasteiger charge is -2.20. The zero-order valence-electron chi connectivity index (χ0n) is 11.6. The number of nitrogens with zero attached hydrogens (tertiary/aromatic N) is 1. The molecular formula is C14H22N2O2S. The van der Waals surface area contributed by atoms with Crippen LogP contribution >= 0.6 is 11.8 Å². The fourth-order valence-electron chi connectivity index (χ4n) is 1.84. The van der Waals surface area contributed by atoms with Gasteiger partial charge in [-0.25, -0.2) is 0 Å². The molecule has 2 N–H and O–H groups in total. The zero-order chi connectivity index (χ0) is 13.7. The molecule has 0 saturated heterocycles. The summed E-state index contributed by atoms with van der Waals surface area (Å²) in [4.78, 5) is 2.18. The van der Waals surface area contributed by atoms with Gasteiger partial charge in [-0.1, -0.05) is 6.07 Å². The summed E-state index contributed by atoms with van der Waals surface area (Å²) in [7, 11) is 4.17. The van der Waals surface area contributed by atoms with Gasteiger partial charge < -0.3 is 20.1 Å². The van der Waals surface area contributed by atoms with Crippen LogP contribution in [0, 0.1) is 0 Å². The van der Waals surface area contributed by atoms with Gasteiger partial charge in [0.2, 0.25) is 0 Å². The first-order valence-electron chi connectivity index (χ1n) is 6.54. The third-order valence-corrected chi connectivity index (χ3v) is 4.04. The van der Waals surface area contributed by atoms with Crippen molar-refractivity contribution in [3.63, 3.8) is 0 Å². The predicted molar refractivity (Wildman–Crippen MR) is 80.2 cm³/mol. The first-order chi connectivity index (χ1) is 9.16. The number of fused-ring (bicyclic) bond motifs is 1. The Morgan fingerprint density at radius 1 is 1.26 bits per heavy atom. The quantitative estimate of drug-likeness (QED) is 0.806. The van der Waals surface area contributed by atoms with Crippen LogP contribution in [0.2, 0.25) is 0 Å². The van der Waals surface area contributed by atoms with Crippen LogP contribution in [-0.4, -0.2) is 50.3 Å². The number of ether oxygens (including phenoxy) is 2. The van der Waals surface area contributed by atoms with Crippen LogP contribution in [0.25, 0.3) is 0 Å². The molecule has 5 heteroatoms. The molecule has 1 aromatic carbocycles. The highest BCUT2D eigenvalue weighted by molar-refractivity contribution is 7.99. The van der Waals surface area contributed by atoms with Crippen LogP contribution < -0.4 is 15.2 Å². The average molecular weight is 282 g/mol. The molecule has 1 unspecified atom stereocenters. The molecule has 2 rings (SSSR count). The lowest BCUT2D eigenvalue weighted by atomic mass is 10.1. The van der Waals surface area contributed by atoms with Crippen LogP contribution in [0.3, 0.4) is 0 Å². The van der Waals surface area contributed by atoms with Gasteiger partial charge in [0.05, 0.1) is 0 Å². The van der Waals surface area contributed by atoms with E-state index in [9.17, 15) is 0 Å². The molecule has 0 aliphatic carbocycles. The Hall–Kier alpha value is -0.910. The van der Waals surface area contributed by atoms with Gasteiger partial charge in [0.15, 0.2) is 11.5 Å². The van der Waals surface area contributed by atoms with Crippen molar-refractivity contribution in [1.29, 1.82) is 0 Å². The maximum atomic E-state index is 6.21. The molecule has 4 nitrogen and oxygen atoms in total. The number of hydrogen-bond acceptors (Lipinski definition) is 5. The van der Waals surface area contributed by atoms with Crippen molar-refractivity contribution in [2.75, 3.05) is 45.4 Å². The minimum Gasteiger partial charge on any atom is -0.486 e. The zero-order valence-corrected chi connectivity index (χ0v) is 12.4. The van der Waals surface area contributed by atoms with Gasteiger partial charge in [-0.05, 0) is 31.8 Å². The van der Waals surface area contributed by atoms with Crippen molar-refractivity contribution >= 4 is 11.8 Å². The SMILES string of the molecule is CN(C)CCSCC(N)c1ccc2c(c1)OCCO2. The second-order valence-corrected chi connectivity index (χ2v) is 6.04. The second-order valence-electron chi connectivity index (χ2n) is 4.89. The molecule has 1 atom stereocenters. The normalized spacial score (nSPS) is 15.6. The molecule has 1 aliphatic heterocycles. The molecule has 0 saturated carbocycles. The van der Waals surface area contributed by atoms with Gasteiger partial charge in [0.25, 0.3) is 0 Å². The first-order valence-corrected chi connectivity index (χ1v) is 7.70. The van der Waals surface area contributed by atoms with Gasteiger partial charge >= 0.3 is 0 Å². The molecule has 0 aromatic heterocycles. The monoisotopic (exact) mass is 282 g/mol. The van der Waals surface area contributed by atoms with Crippen LogP contribution in [0.15, 0.2) is 18.2 Å². The molecule has 0 bridgehead atoms. The van der Waals surface area contributed by atoms with E-state index in [1.165, 1.54) is 0 Å². The van der Waals surface area contributed by atoms with Crippen LogP contribution in [0.4, 0.5) is 0 Å². The molecule has 1 heterocycles. The Morgan fingerprint density at radius 3 is 2.74 bits per heavy atom. The third kappa shape index (κ3) is 4.30. The van der Waals surface area contributed by atoms with Crippen LogP contribution in [0.1, 0.15) is 11.6 Å². The fourth-order valence-corrected chi connectivity index (χ4v) is 2.95. The van der Waals surface area contributed by atoms with Crippen molar-refractivity contribution in [2.45, 2.75) is 6.04 Å². The Kier molecular flexibility index (Phi) is 5.36. The minimum atomic E-state index is 0.0444. The highest BCUT2D eigenvalue weighted by Gasteiger charge is 2.14. The van der Waals surface area contributed by atoms with E-state index in [-0.39, 0.29) is 6.04 Å². The smallest absolute Gasteiger partial charge is 0.161 e. The summed E-state index contributed by atoms with van der Waals surface area (Å²) < 4.78 is 11.1. The van der Waals surface area contributed by atoms with E-state index in [1.54, 1.807) is 0 Å². The molecule has 19 heavy (non-hydrogen) atoms. The Bertz CT molecular complexity index is 412. The fraction of sp³-hybridized carbons (Fsp3) is 0.571. The molecule has 1 aromatic rings. The molecular weight excluding hydrogens is 260 g/mol. The van der Waals surface area contributed by atoms with Crippen molar-refractivity contribution in [2.24, 2.45) is 5.73 Å². The summed E-state index contributed by atoms with van der Waals surface area (Å²) >= 11 is 1.88. The number of benzene rings is 1. The summed E-state index contributed by atoms with van der Waals surface area (Å²) in [6, 6.07) is 6.04. The van der Waals surface area contributed by atoms with E-state index in [0.717, 1.165) is 35.1 Å². The van der Waals surface area contributed by atoms with E-state index >= 15 is 0 Å². The number of rotatable bonds is 6. The molecule has 1 aliphatic rings. The van der Waals surface area contributed by atoms with Crippen molar-refractivity contribution in [3.8, 4) is 11.5 Å². The largest absolute Gasteiger partial charge is 0.486 e. The van der Waals surface area contributed by atoms with Gasteiger partial charge in [-0.15, -0.1) is 0 Å². The van der Waals surface area contributed by atoms with Gasteiger partial charge in [0.1, 0.15) is 13.2 Å². The molecule has 0 radical (unpaired) electrons. The van der Waals surface area contributed by atoms with Gasteiger partial charge in [0, 0.05) is 24.1 Å². The van der Waals surface area contributed by atoms with E-state index < -0.39 is 0 Å². The Balaban J connectivity index is 1.86. The highest BCUT2D eigenvalue weighted by atomic mass is 32.2. The lowest BCUT2D eigenvalue weighted by Crippen LogP contribution is -2.19. The maximum Gasteiger partial charge on any atom is 0.161 e. The van der Waals surface area contributed by atoms with Crippen molar-refractivity contribution < 1.29 is 9.47 Å². The van der Waals surface area contributed by atoms with E-state index in [0.29, 0.717) is 13.2 Å². The summed E-state index contributed by atoms with van der Waals surface area (Å²) in [5, 5.41) is 0. The molecule has 0 amide bonds. The van der Waals surface area contributed by atoms with Crippen LogP contribution in [-0.2, 0) is 0 Å². The summed E-state index contributed by atoms with van der Waals surface area (Å²) in [5.74, 6) is 3.67. The standard InChI is InChI=1S/C14H22N2O2S/c1-16(2)5-8-19-10-12(15)11-3-4-13-14(9-11)18-7-6-17-13/h3-4,9,12H,5-8,10,15H2,1-2H3. The van der Waals surface area contributed by atoms with E-state index in [1.807, 2.05) is 30.0 Å². The number of hydrogen-bond donors (Lipinski definition) is 1. The second kappa shape index (κ2) is 7.03. The number of thioether (sulfide) groups is 1. The first kappa shape index (κ1) is 14.5. The Morgan fingerprint density at radius 2 is 2.00 bits per heavy atom. The van der Waals surface area contributed by atoms with E-state index in [2.05, 4.69) is 19.0 Å². The number of nitrogens with two attached hydrogens (primary N) is 1. The topological polar surface area (TPSA) is 47.7 Å². The summed E-state index contributed by atoms with van der Waals surface area (Å²) in [6.07, 6.45) is 0. The Labute approximate surface area is 119 Å². The van der Waals surface area contributed by atoms with Gasteiger partial charge in [-0.2, -0.15) is 11.8 Å². The highest BCUT2D eigenvalue weighted by Crippen LogP contribution is 2.32. The van der Waals surface area contributed by atoms with Crippen molar-refractivity contribution in [3.05, 3.63) is 23.8 Å². The predicted octanol–water partition coefficient (Wildman–Crippen LogP) is 1.75. The minimum absolute atomic E-state index is 0.0444. The third-order valence-electron chi connectivity index (χ3n) is 2.97. The summed E-state index contributed by atoms with van der Waals surface area (Å²) in [5.41, 5.74) is 7.33. The molecule has 0 fully saturated rings. The maximum absolute atomic E-state index is 6.21.